The summed E-state index contributed by atoms with van der Waals surface area (Å²) in [6.07, 6.45) is 2.78. The van der Waals surface area contributed by atoms with Crippen LogP contribution < -0.4 is 9.47 Å². The number of nitrogens with zero attached hydrogens (tertiary/aromatic N) is 1. The highest BCUT2D eigenvalue weighted by Gasteiger charge is 2.37. The number of carboxylic acids is 1. The number of ether oxygens (including phenoxy) is 2. The summed E-state index contributed by atoms with van der Waals surface area (Å²) in [6, 6.07) is 4.84. The first-order valence-corrected chi connectivity index (χ1v) is 7.93. The average Bonchev–Trinajstić information content (AvgIpc) is 2.60. The van der Waals surface area contributed by atoms with Crippen molar-refractivity contribution in [2.45, 2.75) is 31.7 Å². The number of carboxylic acid groups (broad SMARTS) is 1. The minimum Gasteiger partial charge on any atom is -0.497 e. The number of benzene rings is 1. The van der Waals surface area contributed by atoms with Gasteiger partial charge in [-0.25, -0.2) is 4.79 Å². The Balaban J connectivity index is 1.76. The summed E-state index contributed by atoms with van der Waals surface area (Å²) in [5, 5.41) is 9.34. The predicted octanol–water partition coefficient (Wildman–Crippen LogP) is 1.71. The molecule has 0 spiro atoms. The molecule has 2 aliphatic heterocycles. The Hall–Kier alpha value is -2.24. The molecule has 6 heteroatoms. The lowest BCUT2D eigenvalue weighted by Gasteiger charge is -2.36. The summed E-state index contributed by atoms with van der Waals surface area (Å²) in [5.74, 6) is 0.113. The number of carbonyl (C=O) groups excluding carboxylic acids is 1. The molecule has 2 atom stereocenters. The smallest absolute Gasteiger partial charge is 0.326 e. The van der Waals surface area contributed by atoms with Gasteiger partial charge in [0.05, 0.1) is 13.0 Å². The van der Waals surface area contributed by atoms with Crippen molar-refractivity contribution in [2.75, 3.05) is 20.3 Å². The first kappa shape index (κ1) is 15.6. The van der Waals surface area contributed by atoms with E-state index in [1.807, 2.05) is 18.2 Å². The number of carbonyl (C=O) groups is 2. The van der Waals surface area contributed by atoms with E-state index < -0.39 is 12.0 Å². The highest BCUT2D eigenvalue weighted by molar-refractivity contribution is 5.85. The van der Waals surface area contributed by atoms with Crippen molar-refractivity contribution in [3.63, 3.8) is 0 Å². The van der Waals surface area contributed by atoms with Gasteiger partial charge in [0, 0.05) is 6.54 Å². The van der Waals surface area contributed by atoms with Crippen LogP contribution in [0, 0.1) is 5.92 Å². The Morgan fingerprint density at radius 1 is 1.35 bits per heavy atom. The lowest BCUT2D eigenvalue weighted by atomic mass is 9.93. The molecule has 0 saturated carbocycles. The molecule has 1 aromatic rings. The van der Waals surface area contributed by atoms with Crippen LogP contribution in [0.25, 0.3) is 0 Å². The number of rotatable bonds is 3. The summed E-state index contributed by atoms with van der Waals surface area (Å²) < 4.78 is 10.9. The number of hydrogen-bond donors (Lipinski definition) is 1. The van der Waals surface area contributed by atoms with E-state index in [2.05, 4.69) is 0 Å². The lowest BCUT2D eigenvalue weighted by molar-refractivity contribution is -0.154. The molecule has 1 unspecified atom stereocenters. The van der Waals surface area contributed by atoms with Gasteiger partial charge in [-0.1, -0.05) is 0 Å². The Labute approximate surface area is 135 Å². The van der Waals surface area contributed by atoms with Gasteiger partial charge in [0.2, 0.25) is 5.91 Å². The van der Waals surface area contributed by atoms with Crippen molar-refractivity contribution >= 4 is 11.9 Å². The Morgan fingerprint density at radius 3 is 2.91 bits per heavy atom. The Bertz CT molecular complexity index is 615. The maximum absolute atomic E-state index is 12.8. The molecule has 124 valence electrons. The van der Waals surface area contributed by atoms with Crippen LogP contribution in [0.2, 0.25) is 0 Å². The summed E-state index contributed by atoms with van der Waals surface area (Å²) in [6.45, 7) is 0.804. The van der Waals surface area contributed by atoms with E-state index in [0.717, 1.165) is 29.9 Å². The van der Waals surface area contributed by atoms with E-state index in [4.69, 9.17) is 9.47 Å². The number of aliphatic carboxylic acids is 1. The zero-order valence-corrected chi connectivity index (χ0v) is 13.2. The normalized spacial score (nSPS) is 23.6. The summed E-state index contributed by atoms with van der Waals surface area (Å²) in [5.41, 5.74) is 0.929. The van der Waals surface area contributed by atoms with E-state index in [1.54, 1.807) is 7.11 Å². The molecule has 1 aromatic carbocycles. The molecule has 23 heavy (non-hydrogen) atoms. The predicted molar refractivity (Wildman–Crippen MR) is 82.7 cm³/mol. The fourth-order valence-electron chi connectivity index (χ4n) is 3.34. The fraction of sp³-hybridized carbons (Fsp3) is 0.529. The molecule has 1 amide bonds. The third-order valence-corrected chi connectivity index (χ3v) is 4.59. The molecule has 0 aromatic heterocycles. The SMILES string of the molecule is COc1ccc2c(c1)CC(C(=O)N1CCCC[C@@H]1C(=O)O)CO2. The second-order valence-corrected chi connectivity index (χ2v) is 6.07. The van der Waals surface area contributed by atoms with Crippen LogP contribution in [-0.2, 0) is 16.0 Å². The first-order valence-electron chi connectivity index (χ1n) is 7.93. The lowest BCUT2D eigenvalue weighted by Crippen LogP contribution is -2.51. The van der Waals surface area contributed by atoms with Gasteiger partial charge >= 0.3 is 5.97 Å². The van der Waals surface area contributed by atoms with Crippen molar-refractivity contribution in [2.24, 2.45) is 5.92 Å². The maximum Gasteiger partial charge on any atom is 0.326 e. The molecular formula is C17H21NO5. The Morgan fingerprint density at radius 2 is 2.17 bits per heavy atom. The van der Waals surface area contributed by atoms with Crippen LogP contribution >= 0.6 is 0 Å². The monoisotopic (exact) mass is 319 g/mol. The molecular weight excluding hydrogens is 298 g/mol. The molecule has 2 aliphatic rings. The third kappa shape index (κ3) is 3.11. The van der Waals surface area contributed by atoms with E-state index >= 15 is 0 Å². The zero-order chi connectivity index (χ0) is 16.4. The second kappa shape index (κ2) is 6.48. The topological polar surface area (TPSA) is 76.1 Å². The maximum atomic E-state index is 12.8. The third-order valence-electron chi connectivity index (χ3n) is 4.59. The van der Waals surface area contributed by atoms with Crippen LogP contribution in [0.1, 0.15) is 24.8 Å². The fourth-order valence-corrected chi connectivity index (χ4v) is 3.34. The van der Waals surface area contributed by atoms with Crippen LogP contribution in [0.15, 0.2) is 18.2 Å². The Kier molecular flexibility index (Phi) is 4.41. The van der Waals surface area contributed by atoms with Gasteiger partial charge < -0.3 is 19.5 Å². The highest BCUT2D eigenvalue weighted by atomic mass is 16.5. The molecule has 2 heterocycles. The number of methoxy groups -OCH3 is 1. The van der Waals surface area contributed by atoms with Gasteiger partial charge in [0.15, 0.2) is 0 Å². The average molecular weight is 319 g/mol. The van der Waals surface area contributed by atoms with Crippen molar-refractivity contribution < 1.29 is 24.2 Å². The second-order valence-electron chi connectivity index (χ2n) is 6.07. The quantitative estimate of drug-likeness (QED) is 0.918. The number of amides is 1. The van der Waals surface area contributed by atoms with Gasteiger partial charge in [-0.3, -0.25) is 4.79 Å². The van der Waals surface area contributed by atoms with Gasteiger partial charge in [-0.05, 0) is 49.4 Å². The van der Waals surface area contributed by atoms with Gasteiger partial charge in [-0.15, -0.1) is 0 Å². The van der Waals surface area contributed by atoms with E-state index in [1.165, 1.54) is 4.90 Å². The zero-order valence-electron chi connectivity index (χ0n) is 13.2. The molecule has 0 radical (unpaired) electrons. The minimum atomic E-state index is -0.920. The number of likely N-dealkylation sites (tertiary alicyclic amines) is 1. The summed E-state index contributed by atoms with van der Waals surface area (Å²) >= 11 is 0. The molecule has 1 saturated heterocycles. The van der Waals surface area contributed by atoms with Gasteiger partial charge in [-0.2, -0.15) is 0 Å². The van der Waals surface area contributed by atoms with Crippen LogP contribution in [0.4, 0.5) is 0 Å². The van der Waals surface area contributed by atoms with Crippen LogP contribution in [0.3, 0.4) is 0 Å². The van der Waals surface area contributed by atoms with Crippen LogP contribution in [-0.4, -0.2) is 48.2 Å². The standard InChI is InChI=1S/C17H21NO5/c1-22-13-5-6-15-11(9-13)8-12(10-23-15)16(19)18-7-3-2-4-14(18)17(20)21/h5-6,9,12,14H,2-4,7-8,10H2,1H3,(H,20,21)/t12?,14-/m1/s1. The van der Waals surface area contributed by atoms with Gasteiger partial charge in [0.1, 0.15) is 24.1 Å². The van der Waals surface area contributed by atoms with E-state index in [9.17, 15) is 14.7 Å². The van der Waals surface area contributed by atoms with Crippen LogP contribution in [0.5, 0.6) is 11.5 Å². The molecule has 3 rings (SSSR count). The van der Waals surface area contributed by atoms with E-state index in [0.29, 0.717) is 26.0 Å². The number of piperidine rings is 1. The van der Waals surface area contributed by atoms with Crippen molar-refractivity contribution in [3.05, 3.63) is 23.8 Å². The molecule has 1 N–H and O–H groups in total. The van der Waals surface area contributed by atoms with E-state index in [-0.39, 0.29) is 11.8 Å². The molecule has 6 nitrogen and oxygen atoms in total. The van der Waals surface area contributed by atoms with Crippen molar-refractivity contribution in [1.82, 2.24) is 4.90 Å². The number of fused-ring (bicyclic) bond motifs is 1. The minimum absolute atomic E-state index is 0.120. The number of hydrogen-bond acceptors (Lipinski definition) is 4. The first-order chi connectivity index (χ1) is 11.1. The van der Waals surface area contributed by atoms with Crippen molar-refractivity contribution in [3.8, 4) is 11.5 Å². The molecule has 1 fully saturated rings. The largest absolute Gasteiger partial charge is 0.497 e. The molecule has 0 aliphatic carbocycles. The van der Waals surface area contributed by atoms with Gasteiger partial charge in [0.25, 0.3) is 0 Å². The summed E-state index contributed by atoms with van der Waals surface area (Å²) in [7, 11) is 1.60. The summed E-state index contributed by atoms with van der Waals surface area (Å²) in [4.78, 5) is 25.7. The van der Waals surface area contributed by atoms with Crippen molar-refractivity contribution in [1.29, 1.82) is 0 Å². The highest BCUT2D eigenvalue weighted by Crippen LogP contribution is 2.32. The molecule has 0 bridgehead atoms.